The summed E-state index contributed by atoms with van der Waals surface area (Å²) in [6.07, 6.45) is 1.98. The first-order chi connectivity index (χ1) is 7.56. The third kappa shape index (κ3) is 2.46. The van der Waals surface area contributed by atoms with Crippen LogP contribution in [-0.4, -0.2) is 16.8 Å². The average Bonchev–Trinajstić information content (AvgIpc) is 2.98. The number of benzene rings is 1. The molecule has 0 radical (unpaired) electrons. The van der Waals surface area contributed by atoms with Gasteiger partial charge in [0.15, 0.2) is 0 Å². The topological polar surface area (TPSA) is 29.1 Å². The predicted molar refractivity (Wildman–Crippen MR) is 67.3 cm³/mol. The highest BCUT2D eigenvalue weighted by Gasteiger charge is 2.43. The van der Waals surface area contributed by atoms with E-state index in [0.717, 1.165) is 18.2 Å². The number of halogens is 3. The summed E-state index contributed by atoms with van der Waals surface area (Å²) < 4.78 is 13.3. The van der Waals surface area contributed by atoms with E-state index in [1.54, 1.807) is 0 Å². The number of hydrogen-bond acceptors (Lipinski definition) is 1. The minimum absolute atomic E-state index is 0.0924. The van der Waals surface area contributed by atoms with Crippen molar-refractivity contribution in [3.8, 4) is 0 Å². The maximum Gasteiger partial charge on any atom is 0.252 e. The van der Waals surface area contributed by atoms with Gasteiger partial charge < -0.3 is 5.32 Å². The summed E-state index contributed by atoms with van der Waals surface area (Å²) in [7, 11) is 0. The van der Waals surface area contributed by atoms with E-state index in [1.165, 1.54) is 18.2 Å². The van der Waals surface area contributed by atoms with Crippen molar-refractivity contribution in [3.63, 3.8) is 0 Å². The van der Waals surface area contributed by atoms with Crippen LogP contribution in [0.2, 0.25) is 0 Å². The molecule has 5 heteroatoms. The Hall–Kier alpha value is -0.420. The Kier molecular flexibility index (Phi) is 3.35. The molecule has 1 aliphatic carbocycles. The second-order valence-electron chi connectivity index (χ2n) is 3.99. The maximum atomic E-state index is 12.9. The second kappa shape index (κ2) is 4.45. The fourth-order valence-corrected chi connectivity index (χ4v) is 2.66. The van der Waals surface area contributed by atoms with Crippen molar-refractivity contribution in [3.05, 3.63) is 34.1 Å². The van der Waals surface area contributed by atoms with Gasteiger partial charge in [-0.1, -0.05) is 15.9 Å². The summed E-state index contributed by atoms with van der Waals surface area (Å²) in [5.41, 5.74) is 0.374. The van der Waals surface area contributed by atoms with Gasteiger partial charge in [-0.3, -0.25) is 4.79 Å². The van der Waals surface area contributed by atoms with Gasteiger partial charge in [0.25, 0.3) is 5.91 Å². The minimum atomic E-state index is -0.356. The number of nitrogens with one attached hydrogen (secondary N) is 1. The lowest BCUT2D eigenvalue weighted by Crippen LogP contribution is -2.38. The molecule has 1 fully saturated rings. The largest absolute Gasteiger partial charge is 0.346 e. The van der Waals surface area contributed by atoms with Crippen molar-refractivity contribution < 1.29 is 9.18 Å². The first-order valence-corrected chi connectivity index (χ1v) is 6.81. The van der Waals surface area contributed by atoms with Crippen molar-refractivity contribution >= 4 is 37.8 Å². The van der Waals surface area contributed by atoms with Gasteiger partial charge in [0.05, 0.1) is 11.1 Å². The second-order valence-corrected chi connectivity index (χ2v) is 5.41. The number of amides is 1. The molecule has 0 saturated heterocycles. The molecule has 1 N–H and O–H groups in total. The molecule has 0 heterocycles. The highest BCUT2D eigenvalue weighted by molar-refractivity contribution is 9.10. The number of carbonyl (C=O) groups is 1. The highest BCUT2D eigenvalue weighted by atomic mass is 79.9. The number of rotatable bonds is 3. The van der Waals surface area contributed by atoms with E-state index in [1.807, 2.05) is 0 Å². The van der Waals surface area contributed by atoms with Crippen molar-refractivity contribution in [1.29, 1.82) is 0 Å². The summed E-state index contributed by atoms with van der Waals surface area (Å²) in [6.45, 7) is 0. The molecule has 0 bridgehead atoms. The molecule has 0 aliphatic heterocycles. The quantitative estimate of drug-likeness (QED) is 0.833. The molecule has 1 aromatic carbocycles. The minimum Gasteiger partial charge on any atom is -0.346 e. The zero-order chi connectivity index (χ0) is 11.8. The lowest BCUT2D eigenvalue weighted by atomic mass is 10.2. The maximum absolute atomic E-state index is 12.9. The average molecular weight is 351 g/mol. The first kappa shape index (κ1) is 12.0. The van der Waals surface area contributed by atoms with Crippen molar-refractivity contribution in [1.82, 2.24) is 5.32 Å². The molecule has 86 valence electrons. The Bertz CT molecular complexity index is 432. The predicted octanol–water partition coefficient (Wildman–Crippen LogP) is 3.25. The summed E-state index contributed by atoms with van der Waals surface area (Å²) >= 11 is 6.56. The molecule has 16 heavy (non-hydrogen) atoms. The molecular weight excluding hydrogens is 341 g/mol. The molecule has 1 saturated carbocycles. The zero-order valence-corrected chi connectivity index (χ0v) is 11.6. The normalized spacial score (nSPS) is 16.9. The molecule has 0 aromatic heterocycles. The molecule has 1 aliphatic rings. The zero-order valence-electron chi connectivity index (χ0n) is 8.40. The molecule has 0 unspecified atom stereocenters. The fourth-order valence-electron chi connectivity index (χ4n) is 1.42. The third-order valence-corrected chi connectivity index (χ3v) is 4.39. The van der Waals surface area contributed by atoms with Crippen LogP contribution in [-0.2, 0) is 0 Å². The lowest BCUT2D eigenvalue weighted by Gasteiger charge is -2.14. The van der Waals surface area contributed by atoms with Crippen molar-refractivity contribution in [2.24, 2.45) is 0 Å². The molecule has 0 atom stereocenters. The Morgan fingerprint density at radius 3 is 2.69 bits per heavy atom. The number of hydrogen-bond donors (Lipinski definition) is 1. The van der Waals surface area contributed by atoms with E-state index < -0.39 is 0 Å². The SMILES string of the molecule is O=C(NC1(CBr)CC1)c1ccc(F)cc1Br. The summed E-state index contributed by atoms with van der Waals surface area (Å²) in [6, 6.07) is 4.06. The van der Waals surface area contributed by atoms with Crippen LogP contribution in [0.1, 0.15) is 23.2 Å². The van der Waals surface area contributed by atoms with Crippen LogP contribution in [0.4, 0.5) is 4.39 Å². The van der Waals surface area contributed by atoms with E-state index in [4.69, 9.17) is 0 Å². The van der Waals surface area contributed by atoms with Gasteiger partial charge in [-0.05, 0) is 47.0 Å². The molecule has 0 spiro atoms. The van der Waals surface area contributed by atoms with E-state index in [0.29, 0.717) is 10.0 Å². The van der Waals surface area contributed by atoms with Crippen LogP contribution in [0.3, 0.4) is 0 Å². The van der Waals surface area contributed by atoms with Crippen LogP contribution in [0, 0.1) is 5.82 Å². The van der Waals surface area contributed by atoms with Crippen LogP contribution < -0.4 is 5.32 Å². The smallest absolute Gasteiger partial charge is 0.252 e. The van der Waals surface area contributed by atoms with Crippen LogP contribution in [0.15, 0.2) is 22.7 Å². The third-order valence-electron chi connectivity index (χ3n) is 2.66. The van der Waals surface area contributed by atoms with E-state index in [9.17, 15) is 9.18 Å². The van der Waals surface area contributed by atoms with Gasteiger partial charge in [0.2, 0.25) is 0 Å². The van der Waals surface area contributed by atoms with E-state index in [2.05, 4.69) is 37.2 Å². The number of alkyl halides is 1. The van der Waals surface area contributed by atoms with Crippen molar-refractivity contribution in [2.45, 2.75) is 18.4 Å². The Labute approximate surface area is 110 Å². The van der Waals surface area contributed by atoms with E-state index in [-0.39, 0.29) is 17.3 Å². The lowest BCUT2D eigenvalue weighted by molar-refractivity contribution is 0.0935. The van der Waals surface area contributed by atoms with Gasteiger partial charge >= 0.3 is 0 Å². The van der Waals surface area contributed by atoms with Crippen LogP contribution in [0.5, 0.6) is 0 Å². The first-order valence-electron chi connectivity index (χ1n) is 4.90. The molecule has 2 rings (SSSR count). The standard InChI is InChI=1S/C11H10Br2FNO/c12-6-11(3-4-11)15-10(16)8-2-1-7(14)5-9(8)13/h1-2,5H,3-4,6H2,(H,15,16). The summed E-state index contributed by atoms with van der Waals surface area (Å²) in [5, 5.41) is 3.71. The number of carbonyl (C=O) groups excluding carboxylic acids is 1. The molecule has 2 nitrogen and oxygen atoms in total. The summed E-state index contributed by atoms with van der Waals surface area (Å²) in [5.74, 6) is -0.520. The Morgan fingerprint density at radius 2 is 2.19 bits per heavy atom. The van der Waals surface area contributed by atoms with Gasteiger partial charge in [-0.15, -0.1) is 0 Å². The Morgan fingerprint density at radius 1 is 1.50 bits per heavy atom. The van der Waals surface area contributed by atoms with Gasteiger partial charge in [0, 0.05) is 9.80 Å². The van der Waals surface area contributed by atoms with Gasteiger partial charge in [-0.25, -0.2) is 4.39 Å². The monoisotopic (exact) mass is 349 g/mol. The van der Waals surface area contributed by atoms with Crippen LogP contribution in [0.25, 0.3) is 0 Å². The highest BCUT2D eigenvalue weighted by Crippen LogP contribution is 2.37. The Balaban J connectivity index is 2.15. The van der Waals surface area contributed by atoms with Crippen molar-refractivity contribution in [2.75, 3.05) is 5.33 Å². The van der Waals surface area contributed by atoms with Crippen LogP contribution >= 0.6 is 31.9 Å². The molecule has 1 aromatic rings. The van der Waals surface area contributed by atoms with Gasteiger partial charge in [-0.2, -0.15) is 0 Å². The van der Waals surface area contributed by atoms with E-state index >= 15 is 0 Å². The molecule has 1 amide bonds. The van der Waals surface area contributed by atoms with Gasteiger partial charge in [0.1, 0.15) is 5.82 Å². The molecular formula is C11H10Br2FNO. The fraction of sp³-hybridized carbons (Fsp3) is 0.364. The summed E-state index contributed by atoms with van der Waals surface area (Å²) in [4.78, 5) is 11.9.